The van der Waals surface area contributed by atoms with Crippen LogP contribution >= 0.6 is 0 Å². The van der Waals surface area contributed by atoms with Crippen LogP contribution < -0.4 is 5.32 Å². The zero-order valence-corrected chi connectivity index (χ0v) is 9.73. The number of rotatable bonds is 6. The molecular formula is C12H19NO3. The van der Waals surface area contributed by atoms with Crippen LogP contribution in [0, 0.1) is 6.92 Å². The molecule has 0 amide bonds. The van der Waals surface area contributed by atoms with Crippen molar-refractivity contribution >= 4 is 0 Å². The van der Waals surface area contributed by atoms with E-state index in [0.717, 1.165) is 11.1 Å². The molecule has 4 nitrogen and oxygen atoms in total. The second kappa shape index (κ2) is 6.48. The molecule has 16 heavy (non-hydrogen) atoms. The normalized spacial score (nSPS) is 12.7. The van der Waals surface area contributed by atoms with Crippen LogP contribution in [-0.4, -0.2) is 36.6 Å². The first-order valence-corrected chi connectivity index (χ1v) is 5.30. The van der Waals surface area contributed by atoms with E-state index in [9.17, 15) is 10.2 Å². The van der Waals surface area contributed by atoms with E-state index in [0.29, 0.717) is 25.4 Å². The molecule has 0 radical (unpaired) electrons. The molecule has 1 aromatic rings. The summed E-state index contributed by atoms with van der Waals surface area (Å²) in [4.78, 5) is 0. The summed E-state index contributed by atoms with van der Waals surface area (Å²) in [6.07, 6.45) is -0.517. The number of aliphatic hydroxyl groups excluding tert-OH is 1. The molecule has 0 saturated heterocycles. The van der Waals surface area contributed by atoms with Crippen LogP contribution in [0.25, 0.3) is 0 Å². The molecule has 0 aliphatic heterocycles. The molecule has 4 heteroatoms. The highest BCUT2D eigenvalue weighted by Gasteiger charge is 2.05. The lowest BCUT2D eigenvalue weighted by Crippen LogP contribution is -2.29. The molecule has 1 unspecified atom stereocenters. The van der Waals surface area contributed by atoms with Crippen molar-refractivity contribution in [3.8, 4) is 5.75 Å². The van der Waals surface area contributed by atoms with Crippen molar-refractivity contribution < 1.29 is 14.9 Å². The predicted octanol–water partition coefficient (Wildman–Crippen LogP) is 0.798. The number of hydrogen-bond acceptors (Lipinski definition) is 4. The Bertz CT molecular complexity index is 328. The molecule has 1 atom stereocenters. The third kappa shape index (κ3) is 3.81. The van der Waals surface area contributed by atoms with Gasteiger partial charge in [-0.1, -0.05) is 18.2 Å². The summed E-state index contributed by atoms with van der Waals surface area (Å²) >= 11 is 0. The molecule has 0 fully saturated rings. The van der Waals surface area contributed by atoms with Gasteiger partial charge in [0.05, 0.1) is 12.7 Å². The monoisotopic (exact) mass is 225 g/mol. The minimum Gasteiger partial charge on any atom is -0.507 e. The Morgan fingerprint density at radius 1 is 1.44 bits per heavy atom. The lowest BCUT2D eigenvalue weighted by molar-refractivity contribution is 0.0644. The van der Waals surface area contributed by atoms with E-state index in [2.05, 4.69) is 5.32 Å². The Morgan fingerprint density at radius 2 is 2.19 bits per heavy atom. The molecule has 0 aliphatic carbocycles. The molecule has 1 rings (SSSR count). The van der Waals surface area contributed by atoms with E-state index >= 15 is 0 Å². The molecular weight excluding hydrogens is 206 g/mol. The van der Waals surface area contributed by atoms with Gasteiger partial charge in [-0.3, -0.25) is 0 Å². The first-order chi connectivity index (χ1) is 7.65. The lowest BCUT2D eigenvalue weighted by Gasteiger charge is -2.12. The van der Waals surface area contributed by atoms with E-state index in [-0.39, 0.29) is 0 Å². The Balaban J connectivity index is 2.40. The minimum atomic E-state index is -0.517. The fourth-order valence-corrected chi connectivity index (χ4v) is 1.49. The quantitative estimate of drug-likeness (QED) is 0.670. The predicted molar refractivity (Wildman–Crippen MR) is 62.4 cm³/mol. The number of nitrogens with one attached hydrogen (secondary N) is 1. The maximum atomic E-state index is 9.74. The Morgan fingerprint density at radius 3 is 2.88 bits per heavy atom. The Hall–Kier alpha value is -1.10. The van der Waals surface area contributed by atoms with E-state index in [4.69, 9.17) is 4.74 Å². The zero-order valence-electron chi connectivity index (χ0n) is 9.73. The van der Waals surface area contributed by atoms with Gasteiger partial charge in [0.2, 0.25) is 0 Å². The average Bonchev–Trinajstić information content (AvgIpc) is 2.25. The number of benzene rings is 1. The maximum absolute atomic E-state index is 9.74. The number of aliphatic hydroxyl groups is 1. The van der Waals surface area contributed by atoms with Gasteiger partial charge in [-0.15, -0.1) is 0 Å². The smallest absolute Gasteiger partial charge is 0.122 e. The molecule has 0 spiro atoms. The highest BCUT2D eigenvalue weighted by Crippen LogP contribution is 2.20. The van der Waals surface area contributed by atoms with Crippen LogP contribution in [0.2, 0.25) is 0 Å². The minimum absolute atomic E-state index is 0.312. The fourth-order valence-electron chi connectivity index (χ4n) is 1.49. The number of para-hydroxylation sites is 1. The van der Waals surface area contributed by atoms with Crippen molar-refractivity contribution in [2.75, 3.05) is 20.3 Å². The van der Waals surface area contributed by atoms with Crippen molar-refractivity contribution in [1.82, 2.24) is 5.32 Å². The molecule has 90 valence electrons. The van der Waals surface area contributed by atoms with Gasteiger partial charge >= 0.3 is 0 Å². The van der Waals surface area contributed by atoms with Gasteiger partial charge in [0, 0.05) is 25.8 Å². The molecule has 1 aromatic carbocycles. The first-order valence-electron chi connectivity index (χ1n) is 5.30. The van der Waals surface area contributed by atoms with Gasteiger partial charge in [-0.25, -0.2) is 0 Å². The van der Waals surface area contributed by atoms with Crippen molar-refractivity contribution in [3.63, 3.8) is 0 Å². The van der Waals surface area contributed by atoms with Crippen LogP contribution in [0.3, 0.4) is 0 Å². The second-order valence-electron chi connectivity index (χ2n) is 3.82. The van der Waals surface area contributed by atoms with E-state index in [1.165, 1.54) is 0 Å². The van der Waals surface area contributed by atoms with Crippen molar-refractivity contribution in [2.45, 2.75) is 19.6 Å². The third-order valence-electron chi connectivity index (χ3n) is 2.38. The summed E-state index contributed by atoms with van der Waals surface area (Å²) < 4.78 is 4.81. The van der Waals surface area contributed by atoms with Crippen LogP contribution in [0.15, 0.2) is 18.2 Å². The number of aryl methyl sites for hydroxylation is 1. The molecule has 0 aromatic heterocycles. The maximum Gasteiger partial charge on any atom is 0.122 e. The van der Waals surface area contributed by atoms with Crippen molar-refractivity contribution in [2.24, 2.45) is 0 Å². The number of methoxy groups -OCH3 is 1. The number of aromatic hydroxyl groups is 1. The number of phenols is 1. The van der Waals surface area contributed by atoms with Crippen molar-refractivity contribution in [1.29, 1.82) is 0 Å². The molecule has 0 bridgehead atoms. The van der Waals surface area contributed by atoms with E-state index < -0.39 is 6.10 Å². The number of hydrogen-bond donors (Lipinski definition) is 3. The summed E-state index contributed by atoms with van der Waals surface area (Å²) in [6, 6.07) is 5.62. The second-order valence-corrected chi connectivity index (χ2v) is 3.82. The van der Waals surface area contributed by atoms with Gasteiger partial charge < -0.3 is 20.3 Å². The van der Waals surface area contributed by atoms with E-state index in [1.807, 2.05) is 25.1 Å². The highest BCUT2D eigenvalue weighted by molar-refractivity contribution is 5.39. The first kappa shape index (κ1) is 13.0. The average molecular weight is 225 g/mol. The largest absolute Gasteiger partial charge is 0.507 e. The number of phenolic OH excluding ortho intramolecular Hbond substituents is 1. The molecule has 3 N–H and O–H groups in total. The summed E-state index contributed by atoms with van der Waals surface area (Å²) in [5.74, 6) is 0.316. The van der Waals surface area contributed by atoms with E-state index in [1.54, 1.807) is 7.11 Å². The van der Waals surface area contributed by atoms with Crippen LogP contribution in [0.5, 0.6) is 5.75 Å². The van der Waals surface area contributed by atoms with Gasteiger partial charge in [-0.2, -0.15) is 0 Å². The SMILES string of the molecule is COCC(O)CNCc1cccc(C)c1O. The summed E-state index contributed by atoms with van der Waals surface area (Å²) in [6.45, 7) is 3.15. The molecule has 0 heterocycles. The van der Waals surface area contributed by atoms with Crippen molar-refractivity contribution in [3.05, 3.63) is 29.3 Å². The van der Waals surface area contributed by atoms with Gasteiger partial charge in [0.25, 0.3) is 0 Å². The topological polar surface area (TPSA) is 61.7 Å². The molecule has 0 aliphatic rings. The third-order valence-corrected chi connectivity index (χ3v) is 2.38. The highest BCUT2D eigenvalue weighted by atomic mass is 16.5. The summed E-state index contributed by atoms with van der Waals surface area (Å²) in [5.41, 5.74) is 1.70. The molecule has 0 saturated carbocycles. The van der Waals surface area contributed by atoms with Crippen LogP contribution in [-0.2, 0) is 11.3 Å². The lowest BCUT2D eigenvalue weighted by atomic mass is 10.1. The Labute approximate surface area is 95.9 Å². The van der Waals surface area contributed by atoms with Gasteiger partial charge in [0.1, 0.15) is 5.75 Å². The standard InChI is InChI=1S/C12H19NO3/c1-9-4-3-5-10(12(9)15)6-13-7-11(14)8-16-2/h3-5,11,13-15H,6-8H2,1-2H3. The summed E-state index contributed by atoms with van der Waals surface area (Å²) in [5, 5.41) is 22.2. The van der Waals surface area contributed by atoms with Crippen LogP contribution in [0.4, 0.5) is 0 Å². The Kier molecular flexibility index (Phi) is 5.25. The zero-order chi connectivity index (χ0) is 12.0. The summed E-state index contributed by atoms with van der Waals surface area (Å²) in [7, 11) is 1.55. The van der Waals surface area contributed by atoms with Crippen LogP contribution in [0.1, 0.15) is 11.1 Å². The van der Waals surface area contributed by atoms with Gasteiger partial charge in [-0.05, 0) is 12.5 Å². The number of ether oxygens (including phenoxy) is 1. The fraction of sp³-hybridized carbons (Fsp3) is 0.500. The van der Waals surface area contributed by atoms with Gasteiger partial charge in [0.15, 0.2) is 0 Å².